The molecule has 0 aromatic heterocycles. The van der Waals surface area contributed by atoms with Crippen LogP contribution in [-0.4, -0.2) is 46.2 Å². The van der Waals surface area contributed by atoms with Crippen LogP contribution in [0.5, 0.6) is 5.75 Å². The molecule has 0 bridgehead atoms. The van der Waals surface area contributed by atoms with Crippen LogP contribution in [0.15, 0.2) is 47.4 Å². The van der Waals surface area contributed by atoms with E-state index in [1.807, 2.05) is 0 Å². The zero-order chi connectivity index (χ0) is 25.9. The third-order valence-corrected chi connectivity index (χ3v) is 8.27. The molecule has 2 amide bonds. The summed E-state index contributed by atoms with van der Waals surface area (Å²) >= 11 is 0. The molecule has 0 radical (unpaired) electrons. The molecule has 1 fully saturated rings. The number of rotatable bonds is 7. The summed E-state index contributed by atoms with van der Waals surface area (Å²) in [6, 6.07) is 9.14. The Hall–Kier alpha value is -3.34. The van der Waals surface area contributed by atoms with E-state index in [0.29, 0.717) is 12.3 Å². The molecule has 36 heavy (non-hydrogen) atoms. The van der Waals surface area contributed by atoms with Crippen LogP contribution in [0.4, 0.5) is 20.6 Å². The van der Waals surface area contributed by atoms with Crippen molar-refractivity contribution in [3.05, 3.63) is 48.3 Å². The first-order valence-corrected chi connectivity index (χ1v) is 13.3. The van der Waals surface area contributed by atoms with Crippen molar-refractivity contribution in [2.75, 3.05) is 29.3 Å². The van der Waals surface area contributed by atoms with Crippen molar-refractivity contribution in [3.8, 4) is 5.75 Å². The zero-order valence-electron chi connectivity index (χ0n) is 20.3. The summed E-state index contributed by atoms with van der Waals surface area (Å²) in [7, 11) is -4.11. The predicted octanol–water partition coefficient (Wildman–Crippen LogP) is 4.54. The van der Waals surface area contributed by atoms with Gasteiger partial charge in [0.1, 0.15) is 17.7 Å². The van der Waals surface area contributed by atoms with E-state index in [-0.39, 0.29) is 43.6 Å². The lowest BCUT2D eigenvalue weighted by Crippen LogP contribution is -2.48. The fraction of sp³-hybridized carbons (Fsp3) is 0.440. The van der Waals surface area contributed by atoms with E-state index in [9.17, 15) is 22.4 Å². The fourth-order valence-corrected chi connectivity index (χ4v) is 5.98. The van der Waals surface area contributed by atoms with Gasteiger partial charge in [-0.1, -0.05) is 19.8 Å². The quantitative estimate of drug-likeness (QED) is 0.551. The minimum absolute atomic E-state index is 0. The lowest BCUT2D eigenvalue weighted by atomic mass is 9.90. The molecule has 2 aromatic carbocycles. The van der Waals surface area contributed by atoms with Crippen molar-refractivity contribution >= 4 is 33.4 Å². The number of fused-ring (bicyclic) bond motifs is 1. The molecule has 198 valence electrons. The van der Waals surface area contributed by atoms with Crippen LogP contribution in [0.25, 0.3) is 0 Å². The number of anilines is 2. The maximum Gasteiger partial charge on any atom is 0.411 e. The van der Waals surface area contributed by atoms with Crippen molar-refractivity contribution in [2.24, 2.45) is 5.41 Å². The number of hydrogen-bond acceptors (Lipinski definition) is 6. The number of carbonyl (C=O) groups excluding carboxylic acids is 2. The monoisotopic (exact) mass is 523 g/mol. The second-order valence-electron chi connectivity index (χ2n) is 9.57. The average Bonchev–Trinajstić information content (AvgIpc) is 3.28. The highest BCUT2D eigenvalue weighted by Gasteiger charge is 2.35. The molecule has 11 heteroatoms. The Morgan fingerprint density at radius 2 is 1.89 bits per heavy atom. The van der Waals surface area contributed by atoms with Crippen molar-refractivity contribution in [1.29, 1.82) is 0 Å². The van der Waals surface area contributed by atoms with Gasteiger partial charge in [-0.2, -0.15) is 0 Å². The molecular weight excluding hydrogens is 489 g/mol. The summed E-state index contributed by atoms with van der Waals surface area (Å²) in [4.78, 5) is 23.7. The molecule has 1 heterocycles. The van der Waals surface area contributed by atoms with Gasteiger partial charge in [-0.05, 0) is 55.3 Å². The van der Waals surface area contributed by atoms with Gasteiger partial charge in [0.25, 0.3) is 10.0 Å². The van der Waals surface area contributed by atoms with Crippen LogP contribution >= 0.6 is 0 Å². The van der Waals surface area contributed by atoms with Gasteiger partial charge < -0.3 is 14.8 Å². The van der Waals surface area contributed by atoms with Gasteiger partial charge in [0.05, 0.1) is 30.3 Å². The van der Waals surface area contributed by atoms with Crippen LogP contribution in [0.2, 0.25) is 0 Å². The molecular formula is C25H34FN3O6S. The van der Waals surface area contributed by atoms with Crippen LogP contribution in [-0.2, 0) is 19.6 Å². The molecule has 1 aliphatic heterocycles. The number of hydrogen-bond donors (Lipinski definition) is 2. The Bertz CT molecular complexity index is 1240. The van der Waals surface area contributed by atoms with Gasteiger partial charge in [0.2, 0.25) is 5.91 Å². The van der Waals surface area contributed by atoms with E-state index < -0.39 is 28.0 Å². The second kappa shape index (κ2) is 10.3. The molecule has 2 aromatic rings. The highest BCUT2D eigenvalue weighted by Crippen LogP contribution is 2.40. The van der Waals surface area contributed by atoms with Crippen molar-refractivity contribution in [1.82, 2.24) is 5.32 Å². The topological polar surface area (TPSA) is 114 Å². The maximum atomic E-state index is 13.5. The number of sulfonamides is 1. The largest absolute Gasteiger partial charge is 0.484 e. The Kier molecular flexibility index (Phi) is 7.39. The van der Waals surface area contributed by atoms with Crippen molar-refractivity contribution in [2.45, 2.75) is 50.5 Å². The predicted molar refractivity (Wildman–Crippen MR) is 136 cm³/mol. The summed E-state index contributed by atoms with van der Waals surface area (Å²) < 4.78 is 53.0. The van der Waals surface area contributed by atoms with Crippen LogP contribution in [0, 0.1) is 11.2 Å². The molecule has 2 N–H and O–H groups in total. The fourth-order valence-electron chi connectivity index (χ4n) is 4.48. The van der Waals surface area contributed by atoms with Gasteiger partial charge in [-0.25, -0.2) is 17.6 Å². The molecule has 2 aliphatic rings. The van der Waals surface area contributed by atoms with Crippen LogP contribution in [0.3, 0.4) is 0 Å². The lowest BCUT2D eigenvalue weighted by Gasteiger charge is -2.35. The molecule has 1 saturated carbocycles. The summed E-state index contributed by atoms with van der Waals surface area (Å²) in [5.41, 5.74) is 0.516. The summed E-state index contributed by atoms with van der Waals surface area (Å²) in [6.45, 7) is 3.75. The van der Waals surface area contributed by atoms with Crippen LogP contribution < -0.4 is 19.7 Å². The normalized spacial score (nSPS) is 18.6. The second-order valence-corrected chi connectivity index (χ2v) is 11.4. The highest BCUT2D eigenvalue weighted by molar-refractivity contribution is 7.92. The van der Waals surface area contributed by atoms with Crippen molar-refractivity contribution < 1.29 is 34.7 Å². The van der Waals surface area contributed by atoms with Gasteiger partial charge in [-0.15, -0.1) is 0 Å². The Balaban J connectivity index is 0.00000253. The third-order valence-electron chi connectivity index (χ3n) is 6.48. The van der Waals surface area contributed by atoms with Crippen LogP contribution in [0.1, 0.15) is 42.4 Å². The first-order valence-electron chi connectivity index (χ1n) is 11.8. The lowest BCUT2D eigenvalue weighted by molar-refractivity contribution is -0.119. The number of carbonyl (C=O) groups is 2. The van der Waals surface area contributed by atoms with E-state index in [2.05, 4.69) is 17.6 Å². The van der Waals surface area contributed by atoms with Gasteiger partial charge >= 0.3 is 6.09 Å². The molecule has 9 nitrogen and oxygen atoms in total. The first kappa shape index (κ1) is 25.7. The van der Waals surface area contributed by atoms with E-state index in [0.717, 1.165) is 42.1 Å². The maximum absolute atomic E-state index is 13.5. The van der Waals surface area contributed by atoms with E-state index in [1.54, 1.807) is 12.1 Å². The number of ether oxygens (including phenoxy) is 2. The molecule has 0 saturated heterocycles. The summed E-state index contributed by atoms with van der Waals surface area (Å²) in [6.07, 6.45) is 2.96. The minimum atomic E-state index is -4.11. The molecule has 1 atom stereocenters. The summed E-state index contributed by atoms with van der Waals surface area (Å²) in [5, 5.41) is 5.29. The summed E-state index contributed by atoms with van der Waals surface area (Å²) in [5.74, 6) is -0.571. The average molecular weight is 524 g/mol. The smallest absolute Gasteiger partial charge is 0.411 e. The number of benzene rings is 2. The van der Waals surface area contributed by atoms with Gasteiger partial charge in [-0.3, -0.25) is 14.4 Å². The molecule has 0 spiro atoms. The first-order chi connectivity index (χ1) is 17.1. The minimum Gasteiger partial charge on any atom is -0.484 e. The molecule has 0 unspecified atom stereocenters. The number of amides is 2. The van der Waals surface area contributed by atoms with Gasteiger partial charge in [0.15, 0.2) is 0 Å². The van der Waals surface area contributed by atoms with E-state index >= 15 is 0 Å². The molecule has 4 rings (SSSR count). The van der Waals surface area contributed by atoms with E-state index in [1.165, 1.54) is 25.1 Å². The van der Waals surface area contributed by atoms with E-state index in [4.69, 9.17) is 9.47 Å². The number of nitrogens with zero attached hydrogens (tertiary/aromatic N) is 1. The number of nitrogens with one attached hydrogen (secondary N) is 2. The third kappa shape index (κ3) is 5.89. The van der Waals surface area contributed by atoms with Gasteiger partial charge in [0, 0.05) is 20.9 Å². The highest BCUT2D eigenvalue weighted by atomic mass is 32.2. The molecule has 1 aliphatic carbocycles. The van der Waals surface area contributed by atoms with Crippen molar-refractivity contribution in [3.63, 3.8) is 0 Å². The Labute approximate surface area is 213 Å². The Morgan fingerprint density at radius 3 is 2.56 bits per heavy atom. The Morgan fingerprint density at radius 1 is 1.19 bits per heavy atom. The SMILES string of the molecule is CC(=O)NC[C@H]1CN(S(=O)(=O)c2ccc(F)cc2)c2cc(NC(=O)OCC3(C)CCCC3)ccc2O1.[HH].[HH]. The zero-order valence-corrected chi connectivity index (χ0v) is 21.1. The standard InChI is InChI=1S/C25H30FN3O6S.2H2/c1-17(30)27-14-20-15-29(36(32,33)21-8-5-18(26)6-9-21)22-13-19(7-10-23(22)35-20)28-24(31)34-16-25(2)11-3-4-12-25;;/h5-10,13,20H,3-4,11-12,14-16H2,1-2H3,(H,27,30)(H,28,31);2*1H/t20-;;/m0../s1. The number of halogens is 1.